The fraction of sp³-hybridized carbons (Fsp3) is 1.00. The van der Waals surface area contributed by atoms with Crippen molar-refractivity contribution in [2.75, 3.05) is 28.2 Å². The Labute approximate surface area is 82.4 Å². The zero-order chi connectivity index (χ0) is 9.94. The van der Waals surface area contributed by atoms with Gasteiger partial charge in [0.1, 0.15) is 0 Å². The Kier molecular flexibility index (Phi) is 4.77. The van der Waals surface area contributed by atoms with Crippen LogP contribution < -0.4 is 0 Å². The van der Waals surface area contributed by atoms with Gasteiger partial charge >= 0.3 is 7.71 Å². The molecule has 74 valence electrons. The van der Waals surface area contributed by atoms with Gasteiger partial charge in [0.25, 0.3) is 0 Å². The van der Waals surface area contributed by atoms with Gasteiger partial charge in [-0.25, -0.2) is 0 Å². The molecule has 0 aliphatic carbocycles. The molecule has 0 rings (SSSR count). The molecule has 0 fully saturated rings. The third kappa shape index (κ3) is 2.22. The molecule has 0 saturated heterocycles. The van der Waals surface area contributed by atoms with Crippen LogP contribution in [0.4, 0.5) is 0 Å². The van der Waals surface area contributed by atoms with Gasteiger partial charge in [-0.3, -0.25) is 0 Å². The molecule has 12 heavy (non-hydrogen) atoms. The van der Waals surface area contributed by atoms with E-state index < -0.39 is 7.71 Å². The Balaban J connectivity index is 4.61. The maximum atomic E-state index is 6.65. The smallest absolute Gasteiger partial charge is 0.305 e. The van der Waals surface area contributed by atoms with Crippen LogP contribution in [0.2, 0.25) is 5.54 Å². The van der Waals surface area contributed by atoms with Crippen LogP contribution in [-0.4, -0.2) is 45.0 Å². The van der Waals surface area contributed by atoms with Crippen LogP contribution in [0.5, 0.6) is 0 Å². The van der Waals surface area contributed by atoms with Gasteiger partial charge in [0.05, 0.1) is 0 Å². The highest BCUT2D eigenvalue weighted by Gasteiger charge is 2.42. The summed E-state index contributed by atoms with van der Waals surface area (Å²) in [6.07, 6.45) is 1.14. The highest BCUT2D eigenvalue weighted by atomic mass is 35.6. The molecular weight excluding hydrogens is 188 g/mol. The third-order valence-electron chi connectivity index (χ3n) is 2.49. The Hall–Kier alpha value is 0.427. The van der Waals surface area contributed by atoms with Gasteiger partial charge in [0, 0.05) is 0 Å². The van der Waals surface area contributed by atoms with Crippen molar-refractivity contribution in [1.82, 2.24) is 9.13 Å². The molecule has 1 atom stereocenters. The van der Waals surface area contributed by atoms with Crippen LogP contribution in [0.3, 0.4) is 0 Å². The lowest BCUT2D eigenvalue weighted by Gasteiger charge is -2.40. The predicted octanol–water partition coefficient (Wildman–Crippen LogP) is 2.09. The topological polar surface area (TPSA) is 6.48 Å². The molecule has 0 spiro atoms. The average molecular weight is 209 g/mol. The summed E-state index contributed by atoms with van der Waals surface area (Å²) in [4.78, 5) is 0. The molecule has 0 N–H and O–H groups in total. The second-order valence-electron chi connectivity index (χ2n) is 3.73. The molecule has 0 aromatic heterocycles. The summed E-state index contributed by atoms with van der Waals surface area (Å²) in [5.74, 6) is 0. The van der Waals surface area contributed by atoms with Gasteiger partial charge in [-0.15, -0.1) is 11.1 Å². The number of rotatable bonds is 4. The molecule has 0 aliphatic rings. The van der Waals surface area contributed by atoms with Gasteiger partial charge in [-0.05, 0) is 33.7 Å². The van der Waals surface area contributed by atoms with Gasteiger partial charge in [0.2, 0.25) is 0 Å². The largest absolute Gasteiger partial charge is 0.309 e. The van der Waals surface area contributed by atoms with Gasteiger partial charge in [-0.2, -0.15) is 0 Å². The number of halogens is 1. The SMILES string of the molecule is CCC(C)[Si](Cl)(N(C)C)N(C)C. The minimum Gasteiger partial charge on any atom is -0.305 e. The van der Waals surface area contributed by atoms with E-state index in [1.54, 1.807) is 0 Å². The van der Waals surface area contributed by atoms with E-state index in [0.717, 1.165) is 6.42 Å². The van der Waals surface area contributed by atoms with Crippen molar-refractivity contribution in [2.24, 2.45) is 0 Å². The number of hydrogen-bond donors (Lipinski definition) is 0. The molecule has 0 heterocycles. The average Bonchev–Trinajstić information content (AvgIpc) is 2.00. The van der Waals surface area contributed by atoms with Crippen molar-refractivity contribution in [3.8, 4) is 0 Å². The van der Waals surface area contributed by atoms with Crippen LogP contribution in [0.25, 0.3) is 0 Å². The van der Waals surface area contributed by atoms with Crippen LogP contribution in [0.15, 0.2) is 0 Å². The van der Waals surface area contributed by atoms with Crippen LogP contribution in [-0.2, 0) is 0 Å². The quantitative estimate of drug-likeness (QED) is 0.516. The van der Waals surface area contributed by atoms with Crippen molar-refractivity contribution in [3.05, 3.63) is 0 Å². The first-order valence-corrected chi connectivity index (χ1v) is 7.39. The Morgan fingerprint density at radius 1 is 1.17 bits per heavy atom. The molecule has 0 aromatic carbocycles. The highest BCUT2D eigenvalue weighted by Crippen LogP contribution is 2.31. The molecule has 4 heteroatoms. The minimum atomic E-state index is -1.87. The Bertz CT molecular complexity index is 131. The molecule has 0 saturated carbocycles. The molecule has 2 nitrogen and oxygen atoms in total. The Morgan fingerprint density at radius 2 is 1.50 bits per heavy atom. The summed E-state index contributed by atoms with van der Waals surface area (Å²) >= 11 is 6.65. The van der Waals surface area contributed by atoms with E-state index in [4.69, 9.17) is 11.1 Å². The maximum absolute atomic E-state index is 6.65. The summed E-state index contributed by atoms with van der Waals surface area (Å²) in [7, 11) is 6.43. The first-order chi connectivity index (χ1) is 5.37. The molecule has 1 unspecified atom stereocenters. The van der Waals surface area contributed by atoms with Crippen molar-refractivity contribution in [1.29, 1.82) is 0 Å². The summed E-state index contributed by atoms with van der Waals surface area (Å²) in [5.41, 5.74) is 0.587. The van der Waals surface area contributed by atoms with E-state index in [9.17, 15) is 0 Å². The van der Waals surface area contributed by atoms with E-state index in [1.807, 2.05) is 0 Å². The summed E-state index contributed by atoms with van der Waals surface area (Å²) in [5, 5.41) is 0. The molecule has 0 aromatic rings. The fourth-order valence-corrected chi connectivity index (χ4v) is 5.09. The monoisotopic (exact) mass is 208 g/mol. The van der Waals surface area contributed by atoms with Gasteiger partial charge < -0.3 is 9.13 Å². The van der Waals surface area contributed by atoms with Crippen LogP contribution in [0, 0.1) is 0 Å². The van der Waals surface area contributed by atoms with Crippen molar-refractivity contribution < 1.29 is 0 Å². The number of hydrogen-bond acceptors (Lipinski definition) is 2. The number of nitrogens with zero attached hydrogens (tertiary/aromatic N) is 2. The van der Waals surface area contributed by atoms with Crippen molar-refractivity contribution in [2.45, 2.75) is 25.8 Å². The standard InChI is InChI=1S/C8H21ClN2Si/c1-7-8(2)12(9,10(3)4)11(5)6/h8H,7H2,1-6H3. The molecule has 0 aliphatic heterocycles. The predicted molar refractivity (Wildman–Crippen MR) is 58.7 cm³/mol. The maximum Gasteiger partial charge on any atom is 0.309 e. The van der Waals surface area contributed by atoms with Crippen LogP contribution in [0.1, 0.15) is 20.3 Å². The lowest BCUT2D eigenvalue weighted by molar-refractivity contribution is 0.479. The first kappa shape index (κ1) is 12.4. The molecular formula is C8H21ClN2Si. The van der Waals surface area contributed by atoms with E-state index >= 15 is 0 Å². The zero-order valence-corrected chi connectivity index (χ0v) is 10.8. The molecule has 0 amide bonds. The van der Waals surface area contributed by atoms with Crippen molar-refractivity contribution >= 4 is 18.8 Å². The van der Waals surface area contributed by atoms with E-state index in [0.29, 0.717) is 5.54 Å². The zero-order valence-electron chi connectivity index (χ0n) is 9.06. The Morgan fingerprint density at radius 3 is 1.58 bits per heavy atom. The summed E-state index contributed by atoms with van der Waals surface area (Å²) < 4.78 is 4.39. The highest BCUT2D eigenvalue weighted by molar-refractivity contribution is 7.17. The second-order valence-corrected chi connectivity index (χ2v) is 9.45. The first-order valence-electron chi connectivity index (χ1n) is 4.41. The van der Waals surface area contributed by atoms with Crippen molar-refractivity contribution in [3.63, 3.8) is 0 Å². The van der Waals surface area contributed by atoms with Crippen LogP contribution >= 0.6 is 11.1 Å². The normalized spacial score (nSPS) is 15.8. The third-order valence-corrected chi connectivity index (χ3v) is 9.81. The van der Waals surface area contributed by atoms with E-state index in [1.165, 1.54) is 0 Å². The summed E-state index contributed by atoms with van der Waals surface area (Å²) in [6.45, 7) is 4.43. The second kappa shape index (κ2) is 4.60. The van der Waals surface area contributed by atoms with Gasteiger partial charge in [-0.1, -0.05) is 20.3 Å². The van der Waals surface area contributed by atoms with E-state index in [-0.39, 0.29) is 0 Å². The lowest BCUT2D eigenvalue weighted by Crippen LogP contribution is -2.58. The fourth-order valence-electron chi connectivity index (χ4n) is 1.54. The molecule has 0 radical (unpaired) electrons. The lowest BCUT2D eigenvalue weighted by atomic mass is 10.4. The van der Waals surface area contributed by atoms with Gasteiger partial charge in [0.15, 0.2) is 0 Å². The van der Waals surface area contributed by atoms with E-state index in [2.05, 4.69) is 51.2 Å². The molecule has 0 bridgehead atoms. The summed E-state index contributed by atoms with van der Waals surface area (Å²) in [6, 6.07) is 0. The minimum absolute atomic E-state index is 0.587.